The van der Waals surface area contributed by atoms with Crippen molar-refractivity contribution in [3.05, 3.63) is 27.7 Å². The number of halogens is 2. The Bertz CT molecular complexity index is 372. The number of benzene rings is 1. The number of hydrogen-bond acceptors (Lipinski definition) is 3. The number of rotatable bonds is 8. The van der Waals surface area contributed by atoms with Crippen LogP contribution >= 0.6 is 23.2 Å². The van der Waals surface area contributed by atoms with Gasteiger partial charge in [-0.25, -0.2) is 0 Å². The molecule has 0 saturated heterocycles. The first-order valence-electron chi connectivity index (χ1n) is 5.99. The Labute approximate surface area is 118 Å². The Morgan fingerprint density at radius 3 is 2.72 bits per heavy atom. The third kappa shape index (κ3) is 5.02. The normalized spacial score (nSPS) is 10.7. The van der Waals surface area contributed by atoms with Crippen molar-refractivity contribution in [3.8, 4) is 5.75 Å². The largest absolute Gasteiger partial charge is 0.495 e. The summed E-state index contributed by atoms with van der Waals surface area (Å²) in [6.07, 6.45) is 0.977. The van der Waals surface area contributed by atoms with Gasteiger partial charge in [-0.2, -0.15) is 0 Å². The Morgan fingerprint density at radius 2 is 2.06 bits per heavy atom. The summed E-state index contributed by atoms with van der Waals surface area (Å²) in [5.41, 5.74) is 0.964. The van der Waals surface area contributed by atoms with Gasteiger partial charge in [-0.1, -0.05) is 23.2 Å². The topological polar surface area (TPSA) is 30.5 Å². The predicted molar refractivity (Wildman–Crippen MR) is 75.8 cm³/mol. The standard InChI is InChI=1S/C13H19Cl2NO2/c1-3-18-6-4-5-16-9-10-7-11(14)8-12(15)13(10)17-2/h7-8,16H,3-6,9H2,1-2H3. The lowest BCUT2D eigenvalue weighted by atomic mass is 10.2. The van der Waals surface area contributed by atoms with E-state index in [9.17, 15) is 0 Å². The smallest absolute Gasteiger partial charge is 0.142 e. The molecule has 0 aliphatic carbocycles. The first-order chi connectivity index (χ1) is 8.69. The highest BCUT2D eigenvalue weighted by Gasteiger charge is 2.09. The van der Waals surface area contributed by atoms with Crippen LogP contribution < -0.4 is 10.1 Å². The minimum Gasteiger partial charge on any atom is -0.495 e. The average Bonchev–Trinajstić information content (AvgIpc) is 2.33. The second-order valence-corrected chi connectivity index (χ2v) is 4.65. The highest BCUT2D eigenvalue weighted by Crippen LogP contribution is 2.31. The molecule has 0 fully saturated rings. The van der Waals surface area contributed by atoms with Gasteiger partial charge in [0.25, 0.3) is 0 Å². The van der Waals surface area contributed by atoms with Gasteiger partial charge < -0.3 is 14.8 Å². The van der Waals surface area contributed by atoms with Crippen molar-refractivity contribution in [1.29, 1.82) is 0 Å². The van der Waals surface area contributed by atoms with Gasteiger partial charge in [0.2, 0.25) is 0 Å². The molecule has 18 heavy (non-hydrogen) atoms. The van der Waals surface area contributed by atoms with E-state index in [2.05, 4.69) is 5.32 Å². The number of methoxy groups -OCH3 is 1. The highest BCUT2D eigenvalue weighted by atomic mass is 35.5. The summed E-state index contributed by atoms with van der Waals surface area (Å²) < 4.78 is 10.5. The van der Waals surface area contributed by atoms with E-state index in [4.69, 9.17) is 32.7 Å². The third-order valence-corrected chi connectivity index (χ3v) is 2.95. The second-order valence-electron chi connectivity index (χ2n) is 3.81. The van der Waals surface area contributed by atoms with Crippen LogP contribution in [-0.2, 0) is 11.3 Å². The summed E-state index contributed by atoms with van der Waals surface area (Å²) in [4.78, 5) is 0. The first-order valence-corrected chi connectivity index (χ1v) is 6.75. The molecule has 0 atom stereocenters. The van der Waals surface area contributed by atoms with Crippen molar-refractivity contribution in [1.82, 2.24) is 5.32 Å². The van der Waals surface area contributed by atoms with E-state index in [-0.39, 0.29) is 0 Å². The van der Waals surface area contributed by atoms with Crippen LogP contribution in [0.15, 0.2) is 12.1 Å². The Kier molecular flexibility index (Phi) is 7.44. The molecule has 1 rings (SSSR count). The summed E-state index contributed by atoms with van der Waals surface area (Å²) in [6, 6.07) is 3.54. The molecule has 0 saturated carbocycles. The quantitative estimate of drug-likeness (QED) is 0.744. The molecular formula is C13H19Cl2NO2. The average molecular weight is 292 g/mol. The Hall–Kier alpha value is -0.480. The van der Waals surface area contributed by atoms with Crippen LogP contribution in [0.2, 0.25) is 10.0 Å². The van der Waals surface area contributed by atoms with Crippen LogP contribution in [0.4, 0.5) is 0 Å². The maximum atomic E-state index is 6.06. The monoisotopic (exact) mass is 291 g/mol. The zero-order valence-corrected chi connectivity index (χ0v) is 12.3. The van der Waals surface area contributed by atoms with E-state index in [0.29, 0.717) is 22.3 Å². The maximum Gasteiger partial charge on any atom is 0.142 e. The van der Waals surface area contributed by atoms with Gasteiger partial charge in [0.1, 0.15) is 5.75 Å². The van der Waals surface area contributed by atoms with E-state index in [0.717, 1.165) is 31.7 Å². The molecule has 0 bridgehead atoms. The lowest BCUT2D eigenvalue weighted by molar-refractivity contribution is 0.144. The molecule has 0 radical (unpaired) electrons. The molecule has 102 valence electrons. The summed E-state index contributed by atoms with van der Waals surface area (Å²) in [5.74, 6) is 0.679. The molecule has 3 nitrogen and oxygen atoms in total. The summed E-state index contributed by atoms with van der Waals surface area (Å²) in [5, 5.41) is 4.47. The summed E-state index contributed by atoms with van der Waals surface area (Å²) in [6.45, 7) is 5.09. The maximum absolute atomic E-state index is 6.06. The number of nitrogens with one attached hydrogen (secondary N) is 1. The minimum absolute atomic E-state index is 0.538. The fourth-order valence-electron chi connectivity index (χ4n) is 1.64. The van der Waals surface area contributed by atoms with Gasteiger partial charge in [-0.3, -0.25) is 0 Å². The third-order valence-electron chi connectivity index (χ3n) is 2.45. The lowest BCUT2D eigenvalue weighted by Gasteiger charge is -2.12. The van der Waals surface area contributed by atoms with Crippen LogP contribution in [0.3, 0.4) is 0 Å². The van der Waals surface area contributed by atoms with Crippen molar-refractivity contribution in [2.75, 3.05) is 26.9 Å². The van der Waals surface area contributed by atoms with Crippen LogP contribution in [0.5, 0.6) is 5.75 Å². The zero-order chi connectivity index (χ0) is 13.4. The van der Waals surface area contributed by atoms with Crippen LogP contribution in [-0.4, -0.2) is 26.9 Å². The van der Waals surface area contributed by atoms with Gasteiger partial charge >= 0.3 is 0 Å². The van der Waals surface area contributed by atoms with E-state index < -0.39 is 0 Å². The molecule has 0 aliphatic rings. The van der Waals surface area contributed by atoms with Gasteiger partial charge in [-0.05, 0) is 32.0 Å². The van der Waals surface area contributed by atoms with Crippen LogP contribution in [0, 0.1) is 0 Å². The molecule has 0 aromatic heterocycles. The van der Waals surface area contributed by atoms with Crippen molar-refractivity contribution in [2.24, 2.45) is 0 Å². The van der Waals surface area contributed by atoms with E-state index in [1.165, 1.54) is 0 Å². The zero-order valence-electron chi connectivity index (χ0n) is 10.8. The second kappa shape index (κ2) is 8.59. The van der Waals surface area contributed by atoms with E-state index in [1.54, 1.807) is 13.2 Å². The fraction of sp³-hybridized carbons (Fsp3) is 0.538. The SMILES string of the molecule is CCOCCCNCc1cc(Cl)cc(Cl)c1OC. The van der Waals surface area contributed by atoms with E-state index in [1.807, 2.05) is 13.0 Å². The first kappa shape index (κ1) is 15.6. The molecule has 0 spiro atoms. The van der Waals surface area contributed by atoms with Gasteiger partial charge in [-0.15, -0.1) is 0 Å². The van der Waals surface area contributed by atoms with Crippen LogP contribution in [0.1, 0.15) is 18.9 Å². The minimum atomic E-state index is 0.538. The lowest BCUT2D eigenvalue weighted by Crippen LogP contribution is -2.17. The summed E-state index contributed by atoms with van der Waals surface area (Å²) >= 11 is 12.0. The molecule has 0 unspecified atom stereocenters. The molecule has 1 aromatic carbocycles. The Morgan fingerprint density at radius 1 is 1.28 bits per heavy atom. The molecular weight excluding hydrogens is 273 g/mol. The number of ether oxygens (including phenoxy) is 2. The van der Waals surface area contributed by atoms with Crippen molar-refractivity contribution >= 4 is 23.2 Å². The van der Waals surface area contributed by atoms with Crippen molar-refractivity contribution in [3.63, 3.8) is 0 Å². The fourth-order valence-corrected chi connectivity index (χ4v) is 2.25. The molecule has 0 aliphatic heterocycles. The van der Waals surface area contributed by atoms with Crippen molar-refractivity contribution < 1.29 is 9.47 Å². The van der Waals surface area contributed by atoms with E-state index >= 15 is 0 Å². The molecule has 0 heterocycles. The van der Waals surface area contributed by atoms with Gasteiger partial charge in [0.05, 0.1) is 12.1 Å². The molecule has 0 amide bonds. The van der Waals surface area contributed by atoms with Gasteiger partial charge in [0, 0.05) is 30.3 Å². The number of hydrogen-bond donors (Lipinski definition) is 1. The highest BCUT2D eigenvalue weighted by molar-refractivity contribution is 6.35. The Balaban J connectivity index is 2.46. The summed E-state index contributed by atoms with van der Waals surface area (Å²) in [7, 11) is 1.60. The predicted octanol–water partition coefficient (Wildman–Crippen LogP) is 3.52. The van der Waals surface area contributed by atoms with Gasteiger partial charge in [0.15, 0.2) is 0 Å². The van der Waals surface area contributed by atoms with Crippen molar-refractivity contribution in [2.45, 2.75) is 19.9 Å². The molecule has 1 aromatic rings. The molecule has 1 N–H and O–H groups in total. The van der Waals surface area contributed by atoms with Crippen LogP contribution in [0.25, 0.3) is 0 Å². The molecule has 5 heteroatoms.